The average molecular weight is 305 g/mol. The minimum atomic E-state index is -0.0957. The van der Waals surface area contributed by atoms with E-state index in [1.54, 1.807) is 12.1 Å². The lowest BCUT2D eigenvalue weighted by atomic mass is 9.70. The van der Waals surface area contributed by atoms with Gasteiger partial charge in [0, 0.05) is 0 Å². The molecule has 0 radical (unpaired) electrons. The third-order valence-corrected chi connectivity index (χ3v) is 5.31. The molecule has 1 nitrogen and oxygen atoms in total. The van der Waals surface area contributed by atoms with E-state index in [4.69, 9.17) is 0 Å². The van der Waals surface area contributed by atoms with Gasteiger partial charge in [0.2, 0.25) is 0 Å². The van der Waals surface area contributed by atoms with E-state index in [0.717, 1.165) is 23.5 Å². The lowest BCUT2D eigenvalue weighted by Crippen LogP contribution is -2.37. The molecular formula is C20H32FN. The smallest absolute Gasteiger partial charge is 0.123 e. The van der Waals surface area contributed by atoms with Gasteiger partial charge in [-0.05, 0) is 79.4 Å². The number of piperidine rings is 1. The molecule has 0 aliphatic carbocycles. The summed E-state index contributed by atoms with van der Waals surface area (Å²) in [7, 11) is 2.20. The van der Waals surface area contributed by atoms with Crippen molar-refractivity contribution in [2.24, 2.45) is 11.3 Å². The number of hydrogen-bond donors (Lipinski definition) is 0. The first-order valence-electron chi connectivity index (χ1n) is 8.56. The third kappa shape index (κ3) is 4.32. The van der Waals surface area contributed by atoms with Crippen LogP contribution in [0.4, 0.5) is 4.39 Å². The van der Waals surface area contributed by atoms with E-state index in [0.29, 0.717) is 0 Å². The molecule has 1 saturated heterocycles. The molecule has 124 valence electrons. The standard InChI is InChI=1S/C20H32FN/c1-19(2,3)17-11-15(12-18(21)13-17)14-20(4,5)16-7-9-22(6)10-8-16/h11-13,16H,7-10,14H2,1-6H3. The van der Waals surface area contributed by atoms with Gasteiger partial charge in [-0.2, -0.15) is 0 Å². The molecule has 1 aromatic rings. The van der Waals surface area contributed by atoms with E-state index in [1.165, 1.54) is 25.9 Å². The van der Waals surface area contributed by atoms with Crippen molar-refractivity contribution in [3.63, 3.8) is 0 Å². The fraction of sp³-hybridized carbons (Fsp3) is 0.700. The Balaban J connectivity index is 2.17. The summed E-state index contributed by atoms with van der Waals surface area (Å²) in [6.07, 6.45) is 3.47. The van der Waals surface area contributed by atoms with Gasteiger partial charge in [-0.3, -0.25) is 0 Å². The SMILES string of the molecule is CN1CCC(C(C)(C)Cc2cc(F)cc(C(C)(C)C)c2)CC1. The van der Waals surface area contributed by atoms with E-state index in [9.17, 15) is 4.39 Å². The summed E-state index contributed by atoms with van der Waals surface area (Å²) in [6, 6.07) is 5.62. The zero-order valence-electron chi connectivity index (χ0n) is 15.2. The van der Waals surface area contributed by atoms with Crippen molar-refractivity contribution < 1.29 is 4.39 Å². The van der Waals surface area contributed by atoms with Crippen molar-refractivity contribution in [3.05, 3.63) is 35.1 Å². The summed E-state index contributed by atoms with van der Waals surface area (Å²) < 4.78 is 14.0. The summed E-state index contributed by atoms with van der Waals surface area (Å²) in [5.74, 6) is 0.631. The molecule has 1 aliphatic rings. The van der Waals surface area contributed by atoms with Gasteiger partial charge in [0.25, 0.3) is 0 Å². The molecule has 0 aromatic heterocycles. The summed E-state index contributed by atoms with van der Waals surface area (Å²) in [4.78, 5) is 2.41. The van der Waals surface area contributed by atoms with Crippen LogP contribution < -0.4 is 0 Å². The van der Waals surface area contributed by atoms with Crippen LogP contribution in [0.3, 0.4) is 0 Å². The van der Waals surface area contributed by atoms with Crippen molar-refractivity contribution in [3.8, 4) is 0 Å². The van der Waals surface area contributed by atoms with Crippen molar-refractivity contribution in [2.75, 3.05) is 20.1 Å². The normalized spacial score (nSPS) is 18.7. The molecule has 22 heavy (non-hydrogen) atoms. The molecule has 0 amide bonds. The Morgan fingerprint density at radius 2 is 1.64 bits per heavy atom. The maximum atomic E-state index is 14.0. The van der Waals surface area contributed by atoms with Crippen LogP contribution in [0, 0.1) is 17.2 Å². The third-order valence-electron chi connectivity index (χ3n) is 5.31. The number of halogens is 1. The first-order valence-corrected chi connectivity index (χ1v) is 8.56. The van der Waals surface area contributed by atoms with Crippen LogP contribution in [-0.2, 0) is 11.8 Å². The van der Waals surface area contributed by atoms with Gasteiger partial charge in [-0.15, -0.1) is 0 Å². The lowest BCUT2D eigenvalue weighted by molar-refractivity contribution is 0.114. The quantitative estimate of drug-likeness (QED) is 0.756. The van der Waals surface area contributed by atoms with E-state index in [-0.39, 0.29) is 16.6 Å². The Bertz CT molecular complexity index is 505. The van der Waals surface area contributed by atoms with Crippen LogP contribution in [0.1, 0.15) is 58.6 Å². The molecule has 2 heteroatoms. The van der Waals surface area contributed by atoms with Crippen LogP contribution in [0.15, 0.2) is 18.2 Å². The number of hydrogen-bond acceptors (Lipinski definition) is 1. The molecular weight excluding hydrogens is 273 g/mol. The van der Waals surface area contributed by atoms with Gasteiger partial charge < -0.3 is 4.90 Å². The van der Waals surface area contributed by atoms with Crippen molar-refractivity contribution in [1.29, 1.82) is 0 Å². The van der Waals surface area contributed by atoms with Gasteiger partial charge in [-0.1, -0.05) is 40.7 Å². The molecule has 0 saturated carbocycles. The molecule has 1 aromatic carbocycles. The van der Waals surface area contributed by atoms with Crippen molar-refractivity contribution in [1.82, 2.24) is 4.90 Å². The lowest BCUT2D eigenvalue weighted by Gasteiger charge is -2.40. The predicted octanol–water partition coefficient (Wildman–Crippen LogP) is 5.03. The molecule has 1 fully saturated rings. The van der Waals surface area contributed by atoms with Gasteiger partial charge in [-0.25, -0.2) is 4.39 Å². The Hall–Kier alpha value is -0.890. The predicted molar refractivity (Wildman–Crippen MR) is 92.8 cm³/mol. The highest BCUT2D eigenvalue weighted by atomic mass is 19.1. The summed E-state index contributed by atoms with van der Waals surface area (Å²) >= 11 is 0. The van der Waals surface area contributed by atoms with Crippen LogP contribution in [0.2, 0.25) is 0 Å². The van der Waals surface area contributed by atoms with Crippen LogP contribution in [0.25, 0.3) is 0 Å². The van der Waals surface area contributed by atoms with Gasteiger partial charge >= 0.3 is 0 Å². The molecule has 2 rings (SSSR count). The van der Waals surface area contributed by atoms with E-state index in [2.05, 4.69) is 52.6 Å². The van der Waals surface area contributed by atoms with E-state index in [1.807, 2.05) is 0 Å². The number of rotatable bonds is 3. The first kappa shape index (κ1) is 17.5. The van der Waals surface area contributed by atoms with E-state index < -0.39 is 0 Å². The summed E-state index contributed by atoms with van der Waals surface area (Å²) in [6.45, 7) is 13.5. The molecule has 0 atom stereocenters. The number of nitrogens with zero attached hydrogens (tertiary/aromatic N) is 1. The maximum absolute atomic E-state index is 14.0. The minimum Gasteiger partial charge on any atom is -0.306 e. The second-order valence-corrected chi connectivity index (χ2v) is 8.84. The maximum Gasteiger partial charge on any atom is 0.123 e. The van der Waals surface area contributed by atoms with Crippen molar-refractivity contribution in [2.45, 2.75) is 59.3 Å². The highest BCUT2D eigenvalue weighted by Gasteiger charge is 2.32. The Labute approximate surface area is 135 Å². The summed E-state index contributed by atoms with van der Waals surface area (Å²) in [5, 5.41) is 0. The molecule has 0 unspecified atom stereocenters. The molecule has 1 heterocycles. The zero-order valence-corrected chi connectivity index (χ0v) is 15.2. The Morgan fingerprint density at radius 1 is 1.05 bits per heavy atom. The number of benzene rings is 1. The summed E-state index contributed by atoms with van der Waals surface area (Å²) in [5.41, 5.74) is 2.47. The Kier molecular flexibility index (Phi) is 5.01. The topological polar surface area (TPSA) is 3.24 Å². The highest BCUT2D eigenvalue weighted by Crippen LogP contribution is 2.38. The number of likely N-dealkylation sites (tertiary alicyclic amines) is 1. The molecule has 0 N–H and O–H groups in total. The Morgan fingerprint density at radius 3 is 2.18 bits per heavy atom. The van der Waals surface area contributed by atoms with Crippen LogP contribution in [-0.4, -0.2) is 25.0 Å². The molecule has 0 spiro atoms. The zero-order chi connectivity index (χ0) is 16.5. The van der Waals surface area contributed by atoms with Crippen LogP contribution >= 0.6 is 0 Å². The fourth-order valence-electron chi connectivity index (χ4n) is 3.65. The van der Waals surface area contributed by atoms with Gasteiger partial charge in [0.1, 0.15) is 5.82 Å². The van der Waals surface area contributed by atoms with Crippen LogP contribution in [0.5, 0.6) is 0 Å². The van der Waals surface area contributed by atoms with Gasteiger partial charge in [0.05, 0.1) is 0 Å². The highest BCUT2D eigenvalue weighted by molar-refractivity contribution is 5.30. The van der Waals surface area contributed by atoms with E-state index >= 15 is 0 Å². The second kappa shape index (κ2) is 6.31. The second-order valence-electron chi connectivity index (χ2n) is 8.84. The fourth-order valence-corrected chi connectivity index (χ4v) is 3.65. The molecule has 0 bridgehead atoms. The minimum absolute atomic E-state index is 0.00541. The average Bonchev–Trinajstić information content (AvgIpc) is 2.36. The molecule has 1 aliphatic heterocycles. The van der Waals surface area contributed by atoms with Gasteiger partial charge in [0.15, 0.2) is 0 Å². The monoisotopic (exact) mass is 305 g/mol. The van der Waals surface area contributed by atoms with Crippen molar-refractivity contribution >= 4 is 0 Å². The first-order chi connectivity index (χ1) is 10.1. The largest absolute Gasteiger partial charge is 0.306 e.